The number of hydrogen-bond donors (Lipinski definition) is 5. The molecule has 2 saturated heterocycles. The molecular weight excluding hydrogens is 984 g/mol. The molecule has 2 atom stereocenters. The Balaban J connectivity index is 0.647. The lowest BCUT2D eigenvalue weighted by Crippen LogP contribution is -2.54. The topological polar surface area (TPSA) is 276 Å². The van der Waals surface area contributed by atoms with Gasteiger partial charge in [0, 0.05) is 72.8 Å². The van der Waals surface area contributed by atoms with E-state index >= 15 is 4.39 Å². The minimum Gasteiger partial charge on any atom is -0.383 e. The van der Waals surface area contributed by atoms with E-state index in [1.54, 1.807) is 35.2 Å². The number of sulfonamides is 1. The number of rotatable bonds is 25. The van der Waals surface area contributed by atoms with Gasteiger partial charge in [0.25, 0.3) is 17.7 Å². The number of hydrogen-bond acceptors (Lipinski definition) is 16. The lowest BCUT2D eigenvalue weighted by atomic mass is 9.94. The zero-order chi connectivity index (χ0) is 52.2. The number of pyridine rings is 1. The second-order valence-corrected chi connectivity index (χ2v) is 19.6. The van der Waals surface area contributed by atoms with Gasteiger partial charge in [0.1, 0.15) is 17.7 Å². The molecule has 0 saturated carbocycles. The summed E-state index contributed by atoms with van der Waals surface area (Å²) in [6.07, 6.45) is 3.40. The molecule has 0 aliphatic carbocycles. The number of amides is 6. The van der Waals surface area contributed by atoms with Gasteiger partial charge in [-0.3, -0.25) is 39.0 Å². The maximum Gasteiger partial charge on any atom is 0.264 e. The van der Waals surface area contributed by atoms with Gasteiger partial charge in [-0.25, -0.2) is 22.5 Å². The van der Waals surface area contributed by atoms with Crippen LogP contribution in [0.1, 0.15) is 68.7 Å². The normalized spacial score (nSPS) is 17.8. The van der Waals surface area contributed by atoms with E-state index in [9.17, 15) is 37.2 Å². The fourth-order valence-electron chi connectivity index (χ4n) is 9.15. The number of halogens is 1. The first-order chi connectivity index (χ1) is 35.8. The van der Waals surface area contributed by atoms with E-state index in [2.05, 4.69) is 25.7 Å². The Bertz CT molecular complexity index is 2870. The predicted molar refractivity (Wildman–Crippen MR) is 266 cm³/mol. The molecule has 2 fully saturated rings. The van der Waals surface area contributed by atoms with Crippen LogP contribution in [0, 0.1) is 5.82 Å². The minimum absolute atomic E-state index is 0.0425. The molecule has 394 valence electrons. The van der Waals surface area contributed by atoms with Gasteiger partial charge < -0.3 is 45.0 Å². The molecule has 0 spiro atoms. The zero-order valence-electron chi connectivity index (χ0n) is 40.7. The Kier molecular flexibility index (Phi) is 18.1. The van der Waals surface area contributed by atoms with Crippen molar-refractivity contribution in [2.24, 2.45) is 0 Å². The molecule has 21 nitrogen and oxygen atoms in total. The van der Waals surface area contributed by atoms with Crippen molar-refractivity contribution in [2.45, 2.75) is 55.5 Å². The van der Waals surface area contributed by atoms with Gasteiger partial charge in [0.15, 0.2) is 0 Å². The summed E-state index contributed by atoms with van der Waals surface area (Å²) in [6, 6.07) is 14.0. The summed E-state index contributed by atoms with van der Waals surface area (Å²) in [5.74, 6) is -3.12. The lowest BCUT2D eigenvalue weighted by Gasteiger charge is -2.33. The van der Waals surface area contributed by atoms with E-state index in [4.69, 9.17) is 29.4 Å². The van der Waals surface area contributed by atoms with E-state index < -0.39 is 51.6 Å². The highest BCUT2D eigenvalue weighted by Crippen LogP contribution is 2.35. The van der Waals surface area contributed by atoms with Crippen LogP contribution in [0.3, 0.4) is 0 Å². The molecule has 0 bridgehead atoms. The van der Waals surface area contributed by atoms with E-state index in [-0.39, 0.29) is 78.2 Å². The van der Waals surface area contributed by atoms with Gasteiger partial charge in [-0.1, -0.05) is 24.3 Å². The van der Waals surface area contributed by atoms with Crippen LogP contribution >= 0.6 is 0 Å². The zero-order valence-corrected chi connectivity index (χ0v) is 41.5. The molecule has 6 N–H and O–H groups in total. The quantitative estimate of drug-likeness (QED) is 0.0472. The summed E-state index contributed by atoms with van der Waals surface area (Å²) in [7, 11) is -4.14. The highest BCUT2D eigenvalue weighted by molar-refractivity contribution is 7.89. The van der Waals surface area contributed by atoms with Crippen LogP contribution in [0.5, 0.6) is 0 Å². The molecule has 2 unspecified atom stereocenters. The van der Waals surface area contributed by atoms with Gasteiger partial charge in [-0.15, -0.1) is 0 Å². The average molecular weight is 1040 g/mol. The molecule has 1 aromatic heterocycles. The van der Waals surface area contributed by atoms with Crippen molar-refractivity contribution in [1.29, 1.82) is 0 Å². The Hall–Kier alpha value is -6.73. The van der Waals surface area contributed by atoms with Crippen molar-refractivity contribution >= 4 is 57.0 Å². The summed E-state index contributed by atoms with van der Waals surface area (Å²) < 4.78 is 73.0. The number of likely N-dealkylation sites (tertiary alicyclic amines) is 1. The summed E-state index contributed by atoms with van der Waals surface area (Å²) in [4.78, 5) is 82.0. The van der Waals surface area contributed by atoms with Crippen LogP contribution in [0.15, 0.2) is 71.8 Å². The first-order valence-corrected chi connectivity index (χ1v) is 26.0. The third-order valence-corrected chi connectivity index (χ3v) is 14.4. The van der Waals surface area contributed by atoms with E-state index in [1.807, 2.05) is 6.07 Å². The number of anilines is 2. The number of carbonyl (C=O) groups is 6. The number of nitrogens with one attached hydrogen (secondary N) is 4. The Morgan fingerprint density at radius 3 is 2.19 bits per heavy atom. The minimum atomic E-state index is -4.14. The van der Waals surface area contributed by atoms with Crippen LogP contribution in [0.2, 0.25) is 0 Å². The maximum absolute atomic E-state index is 15.7. The van der Waals surface area contributed by atoms with Crippen LogP contribution in [0.4, 0.5) is 15.9 Å². The third-order valence-electron chi connectivity index (χ3n) is 12.9. The van der Waals surface area contributed by atoms with Gasteiger partial charge in [-0.2, -0.15) is 0 Å². The number of nitrogens with zero attached hydrogens (tertiary/aromatic N) is 3. The van der Waals surface area contributed by atoms with Gasteiger partial charge in [-0.05, 0) is 73.2 Å². The summed E-state index contributed by atoms with van der Waals surface area (Å²) in [5, 5.41) is 8.13. The number of fused-ring (bicyclic) bond motifs is 2. The first kappa shape index (κ1) is 53.6. The number of ether oxygens (including phenoxy) is 5. The van der Waals surface area contributed by atoms with Crippen molar-refractivity contribution in [1.82, 2.24) is 30.1 Å². The van der Waals surface area contributed by atoms with Crippen molar-refractivity contribution in [3.05, 3.63) is 94.9 Å². The van der Waals surface area contributed by atoms with Crippen LogP contribution < -0.4 is 26.4 Å². The third kappa shape index (κ3) is 13.1. The van der Waals surface area contributed by atoms with Crippen LogP contribution in [-0.2, 0) is 54.5 Å². The fraction of sp³-hybridized carbons (Fsp3) is 0.431. The number of nitrogen functional groups attached to an aromatic ring is 1. The van der Waals surface area contributed by atoms with Gasteiger partial charge >= 0.3 is 0 Å². The molecule has 23 heteroatoms. The second-order valence-electron chi connectivity index (χ2n) is 17.9. The molecule has 5 heterocycles. The SMILES string of the molecule is Nc1ncc(-c2ccc(S(=O)(=O)NC3CCCN(C(=O)CCOCCOCCOCCOCCOCCNc4cccc5c4C(=O)N(C4CCC(=O)NC4=O)C5=O)C3)cc2F)cc1-c1ccc2c(c1)CCNC2=O. The molecule has 8 rings (SSSR count). The van der Waals surface area contributed by atoms with Crippen molar-refractivity contribution in [2.75, 3.05) is 103 Å². The molecule has 4 aliphatic heterocycles. The Morgan fingerprint density at radius 2 is 1.47 bits per heavy atom. The monoisotopic (exact) mass is 1040 g/mol. The van der Waals surface area contributed by atoms with E-state index in [1.165, 1.54) is 24.4 Å². The number of nitrogens with two attached hydrogens (primary N) is 1. The lowest BCUT2D eigenvalue weighted by molar-refractivity contribution is -0.136. The number of piperidine rings is 2. The molecule has 0 radical (unpaired) electrons. The fourth-order valence-corrected chi connectivity index (χ4v) is 10.4. The molecule has 74 heavy (non-hydrogen) atoms. The molecule has 4 aliphatic rings. The molecule has 4 aromatic rings. The van der Waals surface area contributed by atoms with Crippen LogP contribution in [0.25, 0.3) is 22.3 Å². The number of imide groups is 2. The van der Waals surface area contributed by atoms with Gasteiger partial charge in [0.2, 0.25) is 27.7 Å². The maximum atomic E-state index is 15.7. The van der Waals surface area contributed by atoms with E-state index in [0.717, 1.165) is 22.1 Å². The number of carbonyl (C=O) groups excluding carboxylic acids is 6. The molecule has 6 amide bonds. The highest BCUT2D eigenvalue weighted by Gasteiger charge is 2.45. The van der Waals surface area contributed by atoms with Crippen molar-refractivity contribution < 1.29 is 65.3 Å². The predicted octanol–water partition coefficient (Wildman–Crippen LogP) is 2.68. The van der Waals surface area contributed by atoms with Crippen molar-refractivity contribution in [3.8, 4) is 22.3 Å². The standard InChI is InChI=1S/C51H59FN8O13S/c52-41-29-36(7-9-37(41)34-28-40(47(53)56-30-34)32-6-8-38-33(27-32)12-14-55-48(38)63)74(67,68)58-35-3-2-16-59(31-35)45(62)13-17-69-19-21-71-23-25-73-26-24-72-22-20-70-18-15-54-42-5-1-4-39-46(42)51(66)60(50(39)65)43-10-11-44(61)57-49(43)64/h1,4-9,27-30,35,43,54,58H,2-3,10-26,31H2,(H2,53,56)(H,55,63)(H,57,61,64). The van der Waals surface area contributed by atoms with E-state index in [0.29, 0.717) is 114 Å². The molecule has 3 aromatic carbocycles. The van der Waals surface area contributed by atoms with Gasteiger partial charge in [0.05, 0.1) is 88.5 Å². The molecular formula is C51H59FN8O13S. The van der Waals surface area contributed by atoms with Crippen LogP contribution in [-0.4, -0.2) is 163 Å². The smallest absolute Gasteiger partial charge is 0.264 e. The number of aromatic nitrogens is 1. The Morgan fingerprint density at radius 1 is 0.770 bits per heavy atom. The highest BCUT2D eigenvalue weighted by atomic mass is 32.2. The largest absolute Gasteiger partial charge is 0.383 e. The number of benzene rings is 3. The summed E-state index contributed by atoms with van der Waals surface area (Å²) >= 11 is 0. The summed E-state index contributed by atoms with van der Waals surface area (Å²) in [6.45, 7) is 4.56. The van der Waals surface area contributed by atoms with Crippen molar-refractivity contribution in [3.63, 3.8) is 0 Å². The Labute approximate surface area is 427 Å². The summed E-state index contributed by atoms with van der Waals surface area (Å²) in [5.41, 5.74) is 10.3. The average Bonchev–Trinajstić information content (AvgIpc) is 3.64. The first-order valence-electron chi connectivity index (χ1n) is 24.5. The second kappa shape index (κ2) is 25.0.